The Kier molecular flexibility index (Phi) is 6.46. The van der Waals surface area contributed by atoms with E-state index >= 15 is 0 Å². The summed E-state index contributed by atoms with van der Waals surface area (Å²) in [5.74, 6) is 0.389. The predicted molar refractivity (Wildman–Crippen MR) is 87.9 cm³/mol. The number of hydrogen-bond acceptors (Lipinski definition) is 4. The molecule has 1 amide bonds. The summed E-state index contributed by atoms with van der Waals surface area (Å²) >= 11 is 0. The van der Waals surface area contributed by atoms with Gasteiger partial charge in [0.1, 0.15) is 0 Å². The van der Waals surface area contributed by atoms with Crippen molar-refractivity contribution in [2.24, 2.45) is 0 Å². The first-order valence-corrected chi connectivity index (χ1v) is 7.69. The standard InChI is InChI=1S/C18H18F3NO4/c1-25-15-4-2-3-5-16(15)26-11-17(24)22-10-14(23)12-6-8-13(9-7-12)18(19,20)21/h2-9,14,23H,10-11H2,1H3,(H,22,24). The second kappa shape index (κ2) is 8.57. The Balaban J connectivity index is 1.83. The highest BCUT2D eigenvalue weighted by Gasteiger charge is 2.30. The van der Waals surface area contributed by atoms with Gasteiger partial charge in [0.15, 0.2) is 18.1 Å². The van der Waals surface area contributed by atoms with Gasteiger partial charge in [0.2, 0.25) is 0 Å². The maximum Gasteiger partial charge on any atom is 0.416 e. The Bertz CT molecular complexity index is 732. The number of rotatable bonds is 7. The SMILES string of the molecule is COc1ccccc1OCC(=O)NCC(O)c1ccc(C(F)(F)F)cc1. The van der Waals surface area contributed by atoms with Crippen LogP contribution in [0.4, 0.5) is 13.2 Å². The summed E-state index contributed by atoms with van der Waals surface area (Å²) in [6.07, 6.45) is -5.57. The summed E-state index contributed by atoms with van der Waals surface area (Å²) in [7, 11) is 1.47. The van der Waals surface area contributed by atoms with Crippen LogP contribution in [0.5, 0.6) is 11.5 Å². The van der Waals surface area contributed by atoms with Gasteiger partial charge in [-0.1, -0.05) is 24.3 Å². The predicted octanol–water partition coefficient (Wildman–Crippen LogP) is 2.94. The highest BCUT2D eigenvalue weighted by Crippen LogP contribution is 2.30. The average Bonchev–Trinajstić information content (AvgIpc) is 2.64. The van der Waals surface area contributed by atoms with Gasteiger partial charge in [-0.3, -0.25) is 4.79 Å². The highest BCUT2D eigenvalue weighted by atomic mass is 19.4. The normalized spacial score (nSPS) is 12.3. The van der Waals surface area contributed by atoms with E-state index in [1.807, 2.05) is 0 Å². The summed E-state index contributed by atoms with van der Waals surface area (Å²) in [6, 6.07) is 10.9. The molecule has 0 saturated heterocycles. The number of aliphatic hydroxyl groups excluding tert-OH is 1. The van der Waals surface area contributed by atoms with Crippen LogP contribution in [0, 0.1) is 0 Å². The number of benzene rings is 2. The van der Waals surface area contributed by atoms with Crippen molar-refractivity contribution in [1.29, 1.82) is 0 Å². The number of carbonyl (C=O) groups is 1. The highest BCUT2D eigenvalue weighted by molar-refractivity contribution is 5.77. The minimum absolute atomic E-state index is 0.153. The molecule has 1 atom stereocenters. The van der Waals surface area contributed by atoms with E-state index in [9.17, 15) is 23.1 Å². The van der Waals surface area contributed by atoms with Gasteiger partial charge in [-0.15, -0.1) is 0 Å². The van der Waals surface area contributed by atoms with Crippen LogP contribution >= 0.6 is 0 Å². The average molecular weight is 369 g/mol. The monoisotopic (exact) mass is 369 g/mol. The molecule has 0 saturated carbocycles. The summed E-state index contributed by atoms with van der Waals surface area (Å²) in [4.78, 5) is 11.8. The van der Waals surface area contributed by atoms with Gasteiger partial charge in [-0.25, -0.2) is 0 Å². The van der Waals surface area contributed by atoms with E-state index in [1.54, 1.807) is 24.3 Å². The third-order valence-corrected chi connectivity index (χ3v) is 3.54. The Morgan fingerprint density at radius 1 is 1.12 bits per heavy atom. The van der Waals surface area contributed by atoms with Crippen molar-refractivity contribution in [3.8, 4) is 11.5 Å². The number of amides is 1. The van der Waals surface area contributed by atoms with Crippen molar-refractivity contribution in [2.45, 2.75) is 12.3 Å². The number of aliphatic hydroxyl groups is 1. The summed E-state index contributed by atoms with van der Waals surface area (Å²) < 4.78 is 48.0. The summed E-state index contributed by atoms with van der Waals surface area (Å²) in [5.41, 5.74) is -0.536. The van der Waals surface area contributed by atoms with Crippen LogP contribution in [0.25, 0.3) is 0 Å². The van der Waals surface area contributed by atoms with Gasteiger partial charge in [0, 0.05) is 6.54 Å². The van der Waals surface area contributed by atoms with Crippen molar-refractivity contribution in [1.82, 2.24) is 5.32 Å². The summed E-state index contributed by atoms with van der Waals surface area (Å²) in [5, 5.41) is 12.4. The van der Waals surface area contributed by atoms with Crippen LogP contribution in [0.3, 0.4) is 0 Å². The molecule has 1 unspecified atom stereocenters. The maximum absolute atomic E-state index is 12.5. The molecule has 26 heavy (non-hydrogen) atoms. The van der Waals surface area contributed by atoms with Crippen LogP contribution in [0.2, 0.25) is 0 Å². The van der Waals surface area contributed by atoms with E-state index in [2.05, 4.69) is 5.32 Å². The Morgan fingerprint density at radius 3 is 2.31 bits per heavy atom. The molecule has 140 valence electrons. The Labute approximate surface area is 148 Å². The molecule has 0 heterocycles. The van der Waals surface area contributed by atoms with E-state index < -0.39 is 23.8 Å². The van der Waals surface area contributed by atoms with Gasteiger partial charge in [-0.05, 0) is 29.8 Å². The van der Waals surface area contributed by atoms with E-state index in [4.69, 9.17) is 9.47 Å². The third-order valence-electron chi connectivity index (χ3n) is 3.54. The first-order valence-electron chi connectivity index (χ1n) is 7.69. The van der Waals surface area contributed by atoms with Crippen molar-refractivity contribution in [3.63, 3.8) is 0 Å². The zero-order valence-corrected chi connectivity index (χ0v) is 13.9. The fraction of sp³-hybridized carbons (Fsp3) is 0.278. The van der Waals surface area contributed by atoms with Crippen molar-refractivity contribution in [3.05, 3.63) is 59.7 Å². The molecular weight excluding hydrogens is 351 g/mol. The lowest BCUT2D eigenvalue weighted by Crippen LogP contribution is -2.32. The first-order chi connectivity index (χ1) is 12.3. The number of nitrogens with one attached hydrogen (secondary N) is 1. The molecule has 0 fully saturated rings. The van der Waals surface area contributed by atoms with Crippen molar-refractivity contribution < 1.29 is 32.5 Å². The minimum atomic E-state index is -4.44. The lowest BCUT2D eigenvalue weighted by atomic mass is 10.1. The maximum atomic E-state index is 12.5. The Morgan fingerprint density at radius 2 is 1.73 bits per heavy atom. The number of ether oxygens (including phenoxy) is 2. The molecule has 2 N–H and O–H groups in total. The molecular formula is C18H18F3NO4. The number of halogens is 3. The minimum Gasteiger partial charge on any atom is -0.493 e. The number of methoxy groups -OCH3 is 1. The van der Waals surface area contributed by atoms with Gasteiger partial charge < -0.3 is 19.9 Å². The molecule has 5 nitrogen and oxygen atoms in total. The molecule has 0 aliphatic rings. The molecule has 2 rings (SSSR count). The first kappa shape index (κ1) is 19.6. The van der Waals surface area contributed by atoms with Crippen LogP contribution in [0.1, 0.15) is 17.2 Å². The topological polar surface area (TPSA) is 67.8 Å². The number of hydrogen-bond donors (Lipinski definition) is 2. The molecule has 8 heteroatoms. The lowest BCUT2D eigenvalue weighted by Gasteiger charge is -2.14. The lowest BCUT2D eigenvalue weighted by molar-refractivity contribution is -0.137. The largest absolute Gasteiger partial charge is 0.493 e. The summed E-state index contributed by atoms with van der Waals surface area (Å²) in [6.45, 7) is -0.445. The van der Waals surface area contributed by atoms with E-state index in [0.29, 0.717) is 11.5 Å². The molecule has 0 radical (unpaired) electrons. The molecule has 2 aromatic rings. The van der Waals surface area contributed by atoms with Crippen LogP contribution in [0.15, 0.2) is 48.5 Å². The zero-order valence-electron chi connectivity index (χ0n) is 13.9. The van der Waals surface area contributed by atoms with Gasteiger partial charge in [0.05, 0.1) is 18.8 Å². The number of alkyl halides is 3. The Hall–Kier alpha value is -2.74. The molecule has 0 aliphatic carbocycles. The van der Waals surface area contributed by atoms with Gasteiger partial charge in [-0.2, -0.15) is 13.2 Å². The number of carbonyl (C=O) groups excluding carboxylic acids is 1. The third kappa shape index (κ3) is 5.38. The van der Waals surface area contributed by atoms with Gasteiger partial charge in [0.25, 0.3) is 5.91 Å². The molecule has 0 aromatic heterocycles. The second-order valence-corrected chi connectivity index (χ2v) is 5.38. The van der Waals surface area contributed by atoms with E-state index in [-0.39, 0.29) is 18.7 Å². The fourth-order valence-corrected chi connectivity index (χ4v) is 2.15. The number of para-hydroxylation sites is 2. The molecule has 0 bridgehead atoms. The molecule has 0 aliphatic heterocycles. The molecule has 2 aromatic carbocycles. The van der Waals surface area contributed by atoms with E-state index in [1.165, 1.54) is 19.2 Å². The van der Waals surface area contributed by atoms with Gasteiger partial charge >= 0.3 is 6.18 Å². The molecule has 0 spiro atoms. The van der Waals surface area contributed by atoms with E-state index in [0.717, 1.165) is 12.1 Å². The zero-order chi connectivity index (χ0) is 19.2. The second-order valence-electron chi connectivity index (χ2n) is 5.38. The van der Waals surface area contributed by atoms with Crippen LogP contribution < -0.4 is 14.8 Å². The van der Waals surface area contributed by atoms with Crippen LogP contribution in [-0.2, 0) is 11.0 Å². The van der Waals surface area contributed by atoms with Crippen molar-refractivity contribution >= 4 is 5.91 Å². The fourth-order valence-electron chi connectivity index (χ4n) is 2.15. The quantitative estimate of drug-likeness (QED) is 0.788. The van der Waals surface area contributed by atoms with Crippen molar-refractivity contribution in [2.75, 3.05) is 20.3 Å². The smallest absolute Gasteiger partial charge is 0.416 e. The van der Waals surface area contributed by atoms with Crippen LogP contribution in [-0.4, -0.2) is 31.3 Å².